The minimum Gasteiger partial charge on any atom is -0.494 e. The van der Waals surface area contributed by atoms with E-state index in [0.717, 1.165) is 69.3 Å². The second-order valence-corrected chi connectivity index (χ2v) is 17.1. The first-order chi connectivity index (χ1) is 33.0. The second kappa shape index (κ2) is 28.6. The fourth-order valence-electron chi connectivity index (χ4n) is 8.08. The number of carbonyl (C=O) groups excluding carboxylic acids is 7. The van der Waals surface area contributed by atoms with Crippen molar-refractivity contribution in [1.29, 1.82) is 0 Å². The zero-order valence-corrected chi connectivity index (χ0v) is 38.8. The summed E-state index contributed by atoms with van der Waals surface area (Å²) in [4.78, 5) is 86.4. The summed E-state index contributed by atoms with van der Waals surface area (Å²) in [5.74, 6) is -2.13. The highest BCUT2D eigenvalue weighted by Crippen LogP contribution is 2.35. The van der Waals surface area contributed by atoms with Gasteiger partial charge in [0.2, 0.25) is 0 Å². The standard InChI is InChI=1S/C53H64O15/c1-3-48(55)63-33-11-7-5-9-31-61-42-21-25-44(26-22-42)65-50(57)37-13-15-39(16-14-37)52(59)67-46-29-30-47(41(35-46)36-54)68-53(60)40-19-17-38(18-20-40)51(58)66-45-27-23-43(24-28-45)62-32-10-6-8-12-34-64-49(56)4-2/h3-4,21-25,27-30,35-40,44H,1-2,5-20,26,31-34H2/t37?,38-,39?,40+,44?. The third kappa shape index (κ3) is 17.9. The van der Waals surface area contributed by atoms with Crippen LogP contribution in [0.1, 0.15) is 120 Å². The minimum atomic E-state index is -0.513. The Morgan fingerprint density at radius 1 is 0.529 bits per heavy atom. The molecule has 0 saturated heterocycles. The topological polar surface area (TPSA) is 193 Å². The van der Waals surface area contributed by atoms with Gasteiger partial charge in [-0.05, 0) is 163 Å². The van der Waals surface area contributed by atoms with E-state index >= 15 is 0 Å². The molecule has 2 aromatic rings. The summed E-state index contributed by atoms with van der Waals surface area (Å²) in [7, 11) is 0. The maximum Gasteiger partial charge on any atom is 0.330 e. The van der Waals surface area contributed by atoms with Gasteiger partial charge < -0.3 is 37.9 Å². The second-order valence-electron chi connectivity index (χ2n) is 17.1. The van der Waals surface area contributed by atoms with Crippen molar-refractivity contribution in [3.05, 3.63) is 97.3 Å². The molecular weight excluding hydrogens is 877 g/mol. The number of unbranched alkanes of at least 4 members (excludes halogenated alkanes) is 6. The van der Waals surface area contributed by atoms with E-state index in [0.29, 0.717) is 102 Å². The molecule has 3 aliphatic rings. The van der Waals surface area contributed by atoms with E-state index in [1.807, 2.05) is 18.2 Å². The number of esters is 6. The summed E-state index contributed by atoms with van der Waals surface area (Å²) in [6.45, 7) is 8.58. The van der Waals surface area contributed by atoms with E-state index < -0.39 is 41.8 Å². The molecule has 1 atom stereocenters. The van der Waals surface area contributed by atoms with Crippen LogP contribution >= 0.6 is 0 Å². The lowest BCUT2D eigenvalue weighted by Crippen LogP contribution is -2.31. The zero-order valence-electron chi connectivity index (χ0n) is 38.8. The predicted molar refractivity (Wildman–Crippen MR) is 248 cm³/mol. The molecule has 0 aromatic heterocycles. The van der Waals surface area contributed by atoms with Gasteiger partial charge in [-0.15, -0.1) is 0 Å². The molecule has 0 heterocycles. The largest absolute Gasteiger partial charge is 0.494 e. The number of aldehydes is 1. The minimum absolute atomic E-state index is 0.0440. The zero-order chi connectivity index (χ0) is 48.5. The first kappa shape index (κ1) is 52.5. The molecule has 366 valence electrons. The Labute approximate surface area is 398 Å². The molecule has 0 N–H and O–H groups in total. The smallest absolute Gasteiger partial charge is 0.330 e. The van der Waals surface area contributed by atoms with Gasteiger partial charge in [-0.3, -0.25) is 24.0 Å². The SMILES string of the molecule is C=CC(=O)OCCCCCCOC1=CCC(OC(=O)C2CCC(C(=O)Oc3ccc(OC(=O)[C@H]4CC[C@@H](C(=O)Oc5ccc(OCCCCCCOC(=O)C=C)cc5)CC4)c(C=O)c3)CC2)C=C1. The molecule has 3 aliphatic carbocycles. The van der Waals surface area contributed by atoms with Crippen LogP contribution in [-0.2, 0) is 47.7 Å². The molecule has 2 saturated carbocycles. The highest BCUT2D eigenvalue weighted by atomic mass is 16.6. The molecule has 15 heteroatoms. The predicted octanol–water partition coefficient (Wildman–Crippen LogP) is 9.26. The van der Waals surface area contributed by atoms with E-state index in [9.17, 15) is 33.6 Å². The first-order valence-corrected chi connectivity index (χ1v) is 23.8. The molecule has 2 aromatic carbocycles. The van der Waals surface area contributed by atoms with Crippen molar-refractivity contribution in [1.82, 2.24) is 0 Å². The van der Waals surface area contributed by atoms with Crippen LogP contribution in [0.3, 0.4) is 0 Å². The van der Waals surface area contributed by atoms with E-state index in [4.69, 9.17) is 37.9 Å². The average molecular weight is 941 g/mol. The first-order valence-electron chi connectivity index (χ1n) is 23.8. The van der Waals surface area contributed by atoms with Crippen molar-refractivity contribution in [2.24, 2.45) is 23.7 Å². The molecule has 0 aliphatic heterocycles. The molecule has 2 fully saturated rings. The average Bonchev–Trinajstić information content (AvgIpc) is 3.36. The number of carbonyl (C=O) groups is 7. The quantitative estimate of drug-likeness (QED) is 0.0205. The molecule has 5 rings (SSSR count). The lowest BCUT2D eigenvalue weighted by Gasteiger charge is -2.27. The van der Waals surface area contributed by atoms with Crippen molar-refractivity contribution >= 4 is 42.1 Å². The number of hydrogen-bond donors (Lipinski definition) is 0. The molecule has 68 heavy (non-hydrogen) atoms. The number of allylic oxidation sites excluding steroid dienone is 1. The molecule has 0 bridgehead atoms. The fourth-order valence-corrected chi connectivity index (χ4v) is 8.08. The van der Waals surface area contributed by atoms with Gasteiger partial charge in [0.25, 0.3) is 0 Å². The highest BCUT2D eigenvalue weighted by molar-refractivity contribution is 5.85. The van der Waals surface area contributed by atoms with Crippen LogP contribution in [0.2, 0.25) is 0 Å². The maximum atomic E-state index is 13.2. The van der Waals surface area contributed by atoms with Crippen molar-refractivity contribution < 1.29 is 71.5 Å². The van der Waals surface area contributed by atoms with Gasteiger partial charge in [-0.2, -0.15) is 0 Å². The summed E-state index contributed by atoms with van der Waals surface area (Å²) in [5, 5.41) is 0. The van der Waals surface area contributed by atoms with Crippen molar-refractivity contribution in [2.45, 2.75) is 115 Å². The molecule has 0 amide bonds. The Morgan fingerprint density at radius 2 is 0.985 bits per heavy atom. The fraction of sp³-hybridized carbons (Fsp3) is 0.491. The normalized spacial score (nSPS) is 19.8. The van der Waals surface area contributed by atoms with Crippen LogP contribution in [0.25, 0.3) is 0 Å². The van der Waals surface area contributed by atoms with E-state index in [2.05, 4.69) is 13.2 Å². The molecule has 0 spiro atoms. The highest BCUT2D eigenvalue weighted by Gasteiger charge is 2.34. The van der Waals surface area contributed by atoms with Gasteiger partial charge in [-0.25, -0.2) is 9.59 Å². The van der Waals surface area contributed by atoms with Crippen LogP contribution in [0.5, 0.6) is 23.0 Å². The molecule has 15 nitrogen and oxygen atoms in total. The summed E-state index contributed by atoms with van der Waals surface area (Å²) in [5.41, 5.74) is 0.0483. The molecule has 0 radical (unpaired) electrons. The monoisotopic (exact) mass is 940 g/mol. The lowest BCUT2D eigenvalue weighted by molar-refractivity contribution is -0.155. The van der Waals surface area contributed by atoms with Gasteiger partial charge in [-0.1, -0.05) is 13.2 Å². The maximum absolute atomic E-state index is 13.2. The van der Waals surface area contributed by atoms with Crippen LogP contribution in [0.15, 0.2) is 91.8 Å². The number of hydrogen-bond acceptors (Lipinski definition) is 15. The van der Waals surface area contributed by atoms with Crippen molar-refractivity contribution in [3.8, 4) is 23.0 Å². The molecule has 1 unspecified atom stereocenters. The van der Waals surface area contributed by atoms with Crippen LogP contribution < -0.4 is 18.9 Å². The lowest BCUT2D eigenvalue weighted by atomic mass is 9.82. The van der Waals surface area contributed by atoms with Gasteiger partial charge in [0.15, 0.2) is 6.29 Å². The van der Waals surface area contributed by atoms with E-state index in [1.165, 1.54) is 18.2 Å². The van der Waals surface area contributed by atoms with Gasteiger partial charge in [0.1, 0.15) is 34.9 Å². The van der Waals surface area contributed by atoms with E-state index in [-0.39, 0.29) is 40.8 Å². The van der Waals surface area contributed by atoms with Crippen LogP contribution in [0.4, 0.5) is 0 Å². The Morgan fingerprint density at radius 3 is 1.49 bits per heavy atom. The van der Waals surface area contributed by atoms with Gasteiger partial charge in [0.05, 0.1) is 55.7 Å². The van der Waals surface area contributed by atoms with Gasteiger partial charge in [0, 0.05) is 18.6 Å². The third-order valence-electron chi connectivity index (χ3n) is 12.1. The van der Waals surface area contributed by atoms with Crippen LogP contribution in [0, 0.1) is 23.7 Å². The van der Waals surface area contributed by atoms with Crippen LogP contribution in [-0.4, -0.2) is 74.6 Å². The van der Waals surface area contributed by atoms with Crippen molar-refractivity contribution in [2.75, 3.05) is 26.4 Å². The summed E-state index contributed by atoms with van der Waals surface area (Å²) < 4.78 is 44.2. The summed E-state index contributed by atoms with van der Waals surface area (Å²) in [6, 6.07) is 11.1. The Bertz CT molecular complexity index is 2090. The van der Waals surface area contributed by atoms with Gasteiger partial charge >= 0.3 is 35.8 Å². The third-order valence-corrected chi connectivity index (χ3v) is 12.1. The number of ether oxygens (including phenoxy) is 8. The Hall–Kier alpha value is -6.51. The van der Waals surface area contributed by atoms with E-state index in [1.54, 1.807) is 24.3 Å². The molecular formula is C53H64O15. The number of rotatable bonds is 27. The summed E-state index contributed by atoms with van der Waals surface area (Å²) in [6.07, 6.45) is 19.0. The van der Waals surface area contributed by atoms with Crippen molar-refractivity contribution in [3.63, 3.8) is 0 Å². The Kier molecular flexibility index (Phi) is 22.1. The summed E-state index contributed by atoms with van der Waals surface area (Å²) >= 11 is 0. The Balaban J connectivity index is 0.937. The number of benzene rings is 2.